The minimum absolute atomic E-state index is 0.210. The number of hydrogen-bond acceptors (Lipinski definition) is 2. The maximum atomic E-state index is 13.0. The van der Waals surface area contributed by atoms with Gasteiger partial charge < -0.3 is 10.2 Å². The summed E-state index contributed by atoms with van der Waals surface area (Å²) in [6, 6.07) is 5.69. The number of carbonyl (C=O) groups is 1. The number of hydrogen-bond donors (Lipinski definition) is 1. The Morgan fingerprint density at radius 1 is 1.24 bits per heavy atom. The second kappa shape index (κ2) is 7.26. The maximum absolute atomic E-state index is 13.0. The lowest BCUT2D eigenvalue weighted by Crippen LogP contribution is -2.33. The van der Waals surface area contributed by atoms with Gasteiger partial charge in [-0.2, -0.15) is 8.78 Å². The minimum atomic E-state index is -1.57. The van der Waals surface area contributed by atoms with Crippen molar-refractivity contribution in [1.29, 1.82) is 0 Å². The van der Waals surface area contributed by atoms with E-state index in [4.69, 9.17) is 0 Å². The second-order valence-electron chi connectivity index (χ2n) is 5.01. The SMILES string of the molecule is O=C(CCN1CCC(=C(F)F)CC1)Nc1cccc(F)c1. The highest BCUT2D eigenvalue weighted by Gasteiger charge is 2.17. The Hall–Kier alpha value is -1.82. The van der Waals surface area contributed by atoms with Crippen LogP contribution in [0.25, 0.3) is 0 Å². The van der Waals surface area contributed by atoms with Gasteiger partial charge in [-0.1, -0.05) is 6.07 Å². The molecule has 1 aromatic rings. The van der Waals surface area contributed by atoms with E-state index in [0.29, 0.717) is 38.2 Å². The number of likely N-dealkylation sites (tertiary alicyclic amines) is 1. The molecular formula is C15H17F3N2O. The topological polar surface area (TPSA) is 32.3 Å². The third kappa shape index (κ3) is 4.90. The van der Waals surface area contributed by atoms with Gasteiger partial charge >= 0.3 is 0 Å². The third-order valence-electron chi connectivity index (χ3n) is 3.49. The fraction of sp³-hybridized carbons (Fsp3) is 0.400. The van der Waals surface area contributed by atoms with E-state index in [9.17, 15) is 18.0 Å². The first-order valence-corrected chi connectivity index (χ1v) is 6.85. The van der Waals surface area contributed by atoms with Gasteiger partial charge in [-0.05, 0) is 36.6 Å². The Labute approximate surface area is 121 Å². The van der Waals surface area contributed by atoms with Crippen LogP contribution in [0.1, 0.15) is 19.3 Å². The first-order chi connectivity index (χ1) is 10.0. The number of rotatable bonds is 4. The first kappa shape index (κ1) is 15.6. The summed E-state index contributed by atoms with van der Waals surface area (Å²) >= 11 is 0. The van der Waals surface area contributed by atoms with Crippen molar-refractivity contribution in [3.63, 3.8) is 0 Å². The number of halogens is 3. The summed E-state index contributed by atoms with van der Waals surface area (Å²) in [7, 11) is 0. The fourth-order valence-corrected chi connectivity index (χ4v) is 2.28. The summed E-state index contributed by atoms with van der Waals surface area (Å²) in [5.41, 5.74) is 0.638. The van der Waals surface area contributed by atoms with Crippen LogP contribution in [-0.4, -0.2) is 30.4 Å². The van der Waals surface area contributed by atoms with Crippen molar-refractivity contribution >= 4 is 11.6 Å². The van der Waals surface area contributed by atoms with Gasteiger partial charge in [-0.3, -0.25) is 4.79 Å². The van der Waals surface area contributed by atoms with Crippen LogP contribution in [0, 0.1) is 5.82 Å². The van der Waals surface area contributed by atoms with E-state index < -0.39 is 11.9 Å². The molecule has 1 aliphatic rings. The lowest BCUT2D eigenvalue weighted by atomic mass is 10.1. The zero-order chi connectivity index (χ0) is 15.2. The fourth-order valence-electron chi connectivity index (χ4n) is 2.28. The summed E-state index contributed by atoms with van der Waals surface area (Å²) in [6.45, 7) is 1.60. The zero-order valence-corrected chi connectivity index (χ0v) is 11.5. The van der Waals surface area contributed by atoms with Crippen molar-refractivity contribution in [2.45, 2.75) is 19.3 Å². The highest BCUT2D eigenvalue weighted by Crippen LogP contribution is 2.21. The predicted octanol–water partition coefficient (Wildman–Crippen LogP) is 3.40. The Kier molecular flexibility index (Phi) is 5.38. The molecule has 0 aliphatic carbocycles. The molecule has 2 rings (SSSR count). The largest absolute Gasteiger partial charge is 0.326 e. The molecular weight excluding hydrogens is 281 g/mol. The monoisotopic (exact) mass is 298 g/mol. The molecule has 21 heavy (non-hydrogen) atoms. The Morgan fingerprint density at radius 2 is 1.95 bits per heavy atom. The molecule has 3 nitrogen and oxygen atoms in total. The number of amides is 1. The van der Waals surface area contributed by atoms with Crippen molar-refractivity contribution in [3.05, 3.63) is 41.7 Å². The van der Waals surface area contributed by atoms with Gasteiger partial charge in [0.25, 0.3) is 6.08 Å². The maximum Gasteiger partial charge on any atom is 0.269 e. The molecule has 0 spiro atoms. The van der Waals surface area contributed by atoms with Crippen LogP contribution >= 0.6 is 0 Å². The molecule has 114 valence electrons. The van der Waals surface area contributed by atoms with Crippen molar-refractivity contribution in [1.82, 2.24) is 4.90 Å². The Bertz CT molecular complexity index is 531. The molecule has 1 fully saturated rings. The van der Waals surface area contributed by atoms with E-state index in [1.54, 1.807) is 6.07 Å². The van der Waals surface area contributed by atoms with E-state index in [2.05, 4.69) is 5.32 Å². The number of benzene rings is 1. The zero-order valence-electron chi connectivity index (χ0n) is 11.5. The van der Waals surface area contributed by atoms with Gasteiger partial charge in [0.1, 0.15) is 5.82 Å². The minimum Gasteiger partial charge on any atom is -0.326 e. The van der Waals surface area contributed by atoms with Crippen LogP contribution in [0.2, 0.25) is 0 Å². The number of anilines is 1. The van der Waals surface area contributed by atoms with Gasteiger partial charge in [0.05, 0.1) is 0 Å². The van der Waals surface area contributed by atoms with Gasteiger partial charge in [-0.15, -0.1) is 0 Å². The number of piperidine rings is 1. The van der Waals surface area contributed by atoms with Crippen LogP contribution in [0.5, 0.6) is 0 Å². The molecule has 0 atom stereocenters. The molecule has 1 aromatic carbocycles. The summed E-state index contributed by atoms with van der Waals surface area (Å²) in [5, 5.41) is 2.61. The molecule has 0 radical (unpaired) electrons. The lowest BCUT2D eigenvalue weighted by Gasteiger charge is -2.27. The number of carbonyl (C=O) groups excluding carboxylic acids is 1. The van der Waals surface area contributed by atoms with Crippen LogP contribution in [0.3, 0.4) is 0 Å². The average molecular weight is 298 g/mol. The van der Waals surface area contributed by atoms with Crippen molar-refractivity contribution < 1.29 is 18.0 Å². The summed E-state index contributed by atoms with van der Waals surface area (Å²) in [5.74, 6) is -0.616. The number of nitrogens with one attached hydrogen (secondary N) is 1. The van der Waals surface area contributed by atoms with Crippen LogP contribution in [-0.2, 0) is 4.79 Å². The van der Waals surface area contributed by atoms with Crippen LogP contribution < -0.4 is 5.32 Å². The van der Waals surface area contributed by atoms with Crippen molar-refractivity contribution in [2.24, 2.45) is 0 Å². The van der Waals surface area contributed by atoms with Gasteiger partial charge in [-0.25, -0.2) is 4.39 Å². The number of nitrogens with zero attached hydrogens (tertiary/aromatic N) is 1. The Balaban J connectivity index is 1.74. The molecule has 1 aliphatic heterocycles. The summed E-state index contributed by atoms with van der Waals surface area (Å²) in [4.78, 5) is 13.7. The quantitative estimate of drug-likeness (QED) is 0.924. The smallest absolute Gasteiger partial charge is 0.269 e. The van der Waals surface area contributed by atoms with E-state index in [1.165, 1.54) is 18.2 Å². The van der Waals surface area contributed by atoms with E-state index in [-0.39, 0.29) is 17.9 Å². The lowest BCUT2D eigenvalue weighted by molar-refractivity contribution is -0.116. The standard InChI is InChI=1S/C15H17F3N2O/c16-12-2-1-3-13(10-12)19-14(21)6-9-20-7-4-11(5-8-20)15(17)18/h1-3,10H,4-9H2,(H,19,21). The molecule has 0 unspecified atom stereocenters. The summed E-state index contributed by atoms with van der Waals surface area (Å²) < 4.78 is 37.8. The normalized spacial score (nSPS) is 15.9. The van der Waals surface area contributed by atoms with Gasteiger partial charge in [0.15, 0.2) is 0 Å². The summed E-state index contributed by atoms with van der Waals surface area (Å²) in [6.07, 6.45) is -0.603. The molecule has 0 aromatic heterocycles. The highest BCUT2D eigenvalue weighted by molar-refractivity contribution is 5.90. The molecule has 1 heterocycles. The van der Waals surface area contributed by atoms with Crippen molar-refractivity contribution in [3.8, 4) is 0 Å². The molecule has 0 bridgehead atoms. The van der Waals surface area contributed by atoms with Gasteiger partial charge in [0.2, 0.25) is 5.91 Å². The van der Waals surface area contributed by atoms with Crippen molar-refractivity contribution in [2.75, 3.05) is 25.0 Å². The molecule has 6 heteroatoms. The third-order valence-corrected chi connectivity index (χ3v) is 3.49. The molecule has 1 N–H and O–H groups in total. The van der Waals surface area contributed by atoms with E-state index in [1.807, 2.05) is 4.90 Å². The second-order valence-corrected chi connectivity index (χ2v) is 5.01. The van der Waals surface area contributed by atoms with Crippen LogP contribution in [0.15, 0.2) is 35.9 Å². The molecule has 0 saturated carbocycles. The van der Waals surface area contributed by atoms with E-state index >= 15 is 0 Å². The first-order valence-electron chi connectivity index (χ1n) is 6.85. The highest BCUT2D eigenvalue weighted by atomic mass is 19.3. The van der Waals surface area contributed by atoms with E-state index in [0.717, 1.165) is 0 Å². The predicted molar refractivity (Wildman–Crippen MR) is 74.6 cm³/mol. The van der Waals surface area contributed by atoms with Crippen LogP contribution in [0.4, 0.5) is 18.9 Å². The Morgan fingerprint density at radius 3 is 2.57 bits per heavy atom. The average Bonchev–Trinajstić information content (AvgIpc) is 2.45. The molecule has 1 amide bonds. The molecule has 1 saturated heterocycles. The van der Waals surface area contributed by atoms with Gasteiger partial charge in [0, 0.05) is 31.7 Å².